The maximum atomic E-state index is 11.2. The number of carboxylic acids is 1. The van der Waals surface area contributed by atoms with Crippen LogP contribution in [0.3, 0.4) is 0 Å². The molecule has 1 fully saturated rings. The molecule has 4 atom stereocenters. The van der Waals surface area contributed by atoms with Gasteiger partial charge in [-0.3, -0.25) is 4.79 Å². The Hall–Kier alpha value is -2.25. The highest BCUT2D eigenvalue weighted by Gasteiger charge is 2.51. The van der Waals surface area contributed by atoms with E-state index >= 15 is 0 Å². The molecule has 0 radical (unpaired) electrons. The van der Waals surface area contributed by atoms with E-state index in [0.717, 1.165) is 12.8 Å². The molecule has 0 bridgehead atoms. The zero-order valence-electron chi connectivity index (χ0n) is 23.0. The third-order valence-corrected chi connectivity index (χ3v) is 12.7. The molecule has 0 amide bonds. The molecule has 0 aromatic heterocycles. The zero-order valence-corrected chi connectivity index (χ0v) is 24.0. The number of aliphatic hydroxyl groups excluding tert-OH is 1. The molecule has 2 aromatic rings. The summed E-state index contributed by atoms with van der Waals surface area (Å²) < 4.78 is 13.1. The van der Waals surface area contributed by atoms with Crippen molar-refractivity contribution in [1.82, 2.24) is 0 Å². The van der Waals surface area contributed by atoms with Gasteiger partial charge in [0, 0.05) is 5.92 Å². The number of hydrogen-bond donors (Lipinski definition) is 2. The van der Waals surface area contributed by atoms with Gasteiger partial charge in [0.2, 0.25) is 0 Å². The number of aliphatic carboxylic acids is 1. The van der Waals surface area contributed by atoms with Crippen molar-refractivity contribution < 1.29 is 24.2 Å². The lowest BCUT2D eigenvalue weighted by atomic mass is 9.90. The summed E-state index contributed by atoms with van der Waals surface area (Å²) in [6, 6.07) is 21.1. The number of hydrogen-bond acceptors (Lipinski definition) is 4. The predicted molar refractivity (Wildman–Crippen MR) is 152 cm³/mol. The second-order valence-electron chi connectivity index (χ2n) is 11.6. The van der Waals surface area contributed by atoms with Crippen molar-refractivity contribution in [3.05, 3.63) is 72.8 Å². The molecule has 2 aromatic carbocycles. The van der Waals surface area contributed by atoms with Gasteiger partial charge in [-0.2, -0.15) is 0 Å². The number of carboxylic acid groups (broad SMARTS) is 1. The largest absolute Gasteiger partial charge is 0.481 e. The molecule has 0 saturated carbocycles. The number of benzene rings is 2. The molecular formula is C31H44O5Si. The van der Waals surface area contributed by atoms with Gasteiger partial charge in [0.25, 0.3) is 8.32 Å². The fourth-order valence-electron chi connectivity index (χ4n) is 5.52. The van der Waals surface area contributed by atoms with Gasteiger partial charge in [0.05, 0.1) is 31.8 Å². The van der Waals surface area contributed by atoms with Crippen molar-refractivity contribution in [2.24, 2.45) is 17.8 Å². The molecule has 1 unspecified atom stereocenters. The van der Waals surface area contributed by atoms with Gasteiger partial charge >= 0.3 is 5.97 Å². The Morgan fingerprint density at radius 1 is 1.08 bits per heavy atom. The smallest absolute Gasteiger partial charge is 0.303 e. The van der Waals surface area contributed by atoms with Crippen LogP contribution in [-0.2, 0) is 14.0 Å². The van der Waals surface area contributed by atoms with E-state index < -0.39 is 20.4 Å². The van der Waals surface area contributed by atoms with Gasteiger partial charge in [0.15, 0.2) is 0 Å². The van der Waals surface area contributed by atoms with E-state index in [9.17, 15) is 15.0 Å². The molecule has 1 heterocycles. The lowest BCUT2D eigenvalue weighted by Gasteiger charge is -2.43. The molecule has 3 rings (SSSR count). The van der Waals surface area contributed by atoms with Gasteiger partial charge in [-0.1, -0.05) is 107 Å². The van der Waals surface area contributed by atoms with Crippen LogP contribution in [0.25, 0.3) is 0 Å². The molecule has 37 heavy (non-hydrogen) atoms. The first-order valence-electron chi connectivity index (χ1n) is 13.5. The fourth-order valence-corrected chi connectivity index (χ4v) is 10.1. The lowest BCUT2D eigenvalue weighted by molar-refractivity contribution is -0.138. The first kappa shape index (κ1) is 29.3. The second kappa shape index (κ2) is 13.0. The summed E-state index contributed by atoms with van der Waals surface area (Å²) in [6.07, 6.45) is 5.05. The highest BCUT2D eigenvalue weighted by atomic mass is 28.4. The van der Waals surface area contributed by atoms with E-state index in [1.165, 1.54) is 10.4 Å². The summed E-state index contributed by atoms with van der Waals surface area (Å²) in [7, 11) is -2.68. The number of allylic oxidation sites excluding steroid dienone is 2. The van der Waals surface area contributed by atoms with E-state index in [2.05, 4.69) is 75.4 Å². The van der Waals surface area contributed by atoms with Crippen LogP contribution in [0.4, 0.5) is 0 Å². The molecule has 202 valence electrons. The minimum atomic E-state index is -2.68. The summed E-state index contributed by atoms with van der Waals surface area (Å²) in [6.45, 7) is 11.6. The number of aliphatic hydroxyl groups is 1. The third-order valence-electron chi connectivity index (χ3n) is 7.65. The van der Waals surface area contributed by atoms with E-state index in [4.69, 9.17) is 9.16 Å². The van der Waals surface area contributed by atoms with E-state index in [0.29, 0.717) is 13.2 Å². The van der Waals surface area contributed by atoms with E-state index in [-0.39, 0.29) is 35.3 Å². The molecule has 2 N–H and O–H groups in total. The predicted octanol–water partition coefficient (Wildman–Crippen LogP) is 5.02. The van der Waals surface area contributed by atoms with Crippen LogP contribution >= 0.6 is 0 Å². The van der Waals surface area contributed by atoms with Crippen molar-refractivity contribution in [2.75, 3.05) is 13.2 Å². The molecule has 1 aliphatic heterocycles. The van der Waals surface area contributed by atoms with Gasteiger partial charge < -0.3 is 19.4 Å². The first-order chi connectivity index (χ1) is 17.6. The molecule has 0 aliphatic carbocycles. The van der Waals surface area contributed by atoms with Crippen molar-refractivity contribution in [3.8, 4) is 0 Å². The molecule has 0 spiro atoms. The Labute approximate surface area is 223 Å². The Kier molecular flexibility index (Phi) is 10.3. The average Bonchev–Trinajstić information content (AvgIpc) is 3.20. The maximum absolute atomic E-state index is 11.2. The number of rotatable bonds is 12. The molecule has 5 nitrogen and oxygen atoms in total. The van der Waals surface area contributed by atoms with Crippen LogP contribution < -0.4 is 10.4 Å². The first-order valence-corrected chi connectivity index (χ1v) is 15.4. The van der Waals surface area contributed by atoms with Crippen LogP contribution in [0.5, 0.6) is 0 Å². The summed E-state index contributed by atoms with van der Waals surface area (Å²) >= 11 is 0. The van der Waals surface area contributed by atoms with Gasteiger partial charge in [0.1, 0.15) is 0 Å². The monoisotopic (exact) mass is 524 g/mol. The minimum absolute atomic E-state index is 0.0107. The highest BCUT2D eigenvalue weighted by Crippen LogP contribution is 2.38. The Balaban J connectivity index is 1.78. The van der Waals surface area contributed by atoms with Crippen LogP contribution in [0.2, 0.25) is 5.04 Å². The van der Waals surface area contributed by atoms with Gasteiger partial charge in [-0.25, -0.2) is 0 Å². The van der Waals surface area contributed by atoms with Crippen LogP contribution in [0.1, 0.15) is 53.9 Å². The van der Waals surface area contributed by atoms with Crippen LogP contribution in [0, 0.1) is 17.8 Å². The Morgan fingerprint density at radius 2 is 1.65 bits per heavy atom. The van der Waals surface area contributed by atoms with E-state index in [1.807, 2.05) is 32.1 Å². The number of ether oxygens (including phenoxy) is 1. The fraction of sp³-hybridized carbons (Fsp3) is 0.516. The molecule has 1 aliphatic rings. The lowest BCUT2D eigenvalue weighted by Crippen LogP contribution is -2.67. The Bertz CT molecular complexity index is 960. The second-order valence-corrected chi connectivity index (χ2v) is 15.9. The van der Waals surface area contributed by atoms with Crippen molar-refractivity contribution in [2.45, 2.75) is 71.1 Å². The average molecular weight is 525 g/mol. The quantitative estimate of drug-likeness (QED) is 0.301. The zero-order chi connectivity index (χ0) is 27.1. The third kappa shape index (κ3) is 7.20. The van der Waals surface area contributed by atoms with Crippen LogP contribution in [0.15, 0.2) is 72.8 Å². The summed E-state index contributed by atoms with van der Waals surface area (Å²) in [5.74, 6) is -0.528. The standard InChI is InChI=1S/C31H44O5Si/c1-23(2)24(20-30(33)34)14-12-13-19-27-28(32)21-35-29(27)22-36-37(31(3,4)5,25-15-8-6-9-16-25)26-17-10-7-11-18-26/h6-12,14-18,23-24,27-29,32H,13,19-22H2,1-5H3,(H,33,34)/t24-,27?,28-,29+/m0/s1. The van der Waals surface area contributed by atoms with Crippen LogP contribution in [-0.4, -0.2) is 49.9 Å². The molecule has 6 heteroatoms. The van der Waals surface area contributed by atoms with Crippen molar-refractivity contribution >= 4 is 24.7 Å². The normalized spacial score (nSPS) is 21.5. The topological polar surface area (TPSA) is 76.0 Å². The highest BCUT2D eigenvalue weighted by molar-refractivity contribution is 6.99. The summed E-state index contributed by atoms with van der Waals surface area (Å²) in [5.41, 5.74) is 0. The van der Waals surface area contributed by atoms with Gasteiger partial charge in [-0.05, 0) is 40.1 Å². The molecule has 1 saturated heterocycles. The van der Waals surface area contributed by atoms with Gasteiger partial charge in [-0.15, -0.1) is 0 Å². The van der Waals surface area contributed by atoms with Crippen molar-refractivity contribution in [3.63, 3.8) is 0 Å². The summed E-state index contributed by atoms with van der Waals surface area (Å²) in [4.78, 5) is 11.2. The Morgan fingerprint density at radius 3 is 2.14 bits per heavy atom. The van der Waals surface area contributed by atoms with E-state index in [1.54, 1.807) is 0 Å². The maximum Gasteiger partial charge on any atom is 0.303 e. The number of carbonyl (C=O) groups is 1. The minimum Gasteiger partial charge on any atom is -0.481 e. The summed E-state index contributed by atoms with van der Waals surface area (Å²) in [5, 5.41) is 22.2. The van der Waals surface area contributed by atoms with Crippen molar-refractivity contribution in [1.29, 1.82) is 0 Å². The molecular weight excluding hydrogens is 480 g/mol. The SMILES string of the molecule is CC(C)[C@@H](C=CCCC1[C@@H](O)CO[C@@H]1CO[Si](c1ccccc1)(c1ccccc1)C(C)(C)C)CC(=O)O.